The van der Waals surface area contributed by atoms with E-state index in [0.29, 0.717) is 34.4 Å². The summed E-state index contributed by atoms with van der Waals surface area (Å²) in [6.45, 7) is 2.03. The Bertz CT molecular complexity index is 1220. The van der Waals surface area contributed by atoms with Crippen LogP contribution in [0.3, 0.4) is 0 Å². The van der Waals surface area contributed by atoms with Crippen molar-refractivity contribution >= 4 is 21.8 Å². The van der Waals surface area contributed by atoms with Crippen molar-refractivity contribution in [3.63, 3.8) is 0 Å². The molecule has 0 saturated carbocycles. The maximum absolute atomic E-state index is 13.3. The van der Waals surface area contributed by atoms with Gasteiger partial charge in [-0.2, -0.15) is 0 Å². The van der Waals surface area contributed by atoms with Gasteiger partial charge in [0.2, 0.25) is 0 Å². The summed E-state index contributed by atoms with van der Waals surface area (Å²) in [6.07, 6.45) is 2.89. The van der Waals surface area contributed by atoms with Crippen molar-refractivity contribution in [1.29, 1.82) is 0 Å². The number of aromatic amines is 1. The van der Waals surface area contributed by atoms with Gasteiger partial charge in [0.05, 0.1) is 23.5 Å². The van der Waals surface area contributed by atoms with Gasteiger partial charge in [-0.1, -0.05) is 6.92 Å². The summed E-state index contributed by atoms with van der Waals surface area (Å²) in [5, 5.41) is 1.34. The molecule has 0 bridgehead atoms. The Kier molecular flexibility index (Phi) is 4.32. The summed E-state index contributed by atoms with van der Waals surface area (Å²) >= 11 is 0. The monoisotopic (exact) mass is 363 g/mol. The third-order valence-electron chi connectivity index (χ3n) is 4.61. The highest BCUT2D eigenvalue weighted by molar-refractivity contribution is 5.81. The molecule has 2 heterocycles. The molecule has 0 aliphatic carbocycles. The van der Waals surface area contributed by atoms with E-state index in [9.17, 15) is 9.18 Å². The minimum Gasteiger partial charge on any atom is -0.496 e. The minimum absolute atomic E-state index is 0.202. The van der Waals surface area contributed by atoms with Gasteiger partial charge in [0.25, 0.3) is 5.56 Å². The second-order valence-electron chi connectivity index (χ2n) is 6.40. The van der Waals surface area contributed by atoms with E-state index in [2.05, 4.69) is 15.0 Å². The van der Waals surface area contributed by atoms with E-state index in [1.165, 1.54) is 12.1 Å². The predicted octanol–water partition coefficient (Wildman–Crippen LogP) is 3.77. The molecule has 0 fully saturated rings. The Hall–Kier alpha value is -3.28. The van der Waals surface area contributed by atoms with Crippen LogP contribution in [-0.4, -0.2) is 22.1 Å². The molecule has 1 N–H and O–H groups in total. The molecule has 0 amide bonds. The van der Waals surface area contributed by atoms with Crippen molar-refractivity contribution in [2.24, 2.45) is 0 Å². The van der Waals surface area contributed by atoms with Crippen LogP contribution in [0, 0.1) is 5.82 Å². The zero-order valence-corrected chi connectivity index (χ0v) is 15.0. The number of aromatic nitrogens is 3. The van der Waals surface area contributed by atoms with Gasteiger partial charge in [0, 0.05) is 24.1 Å². The van der Waals surface area contributed by atoms with E-state index < -0.39 is 0 Å². The molecule has 0 aliphatic rings. The van der Waals surface area contributed by atoms with Crippen LogP contribution in [-0.2, 0) is 12.8 Å². The van der Waals surface area contributed by atoms with Crippen LogP contribution in [0.25, 0.3) is 21.8 Å². The number of benzene rings is 2. The summed E-state index contributed by atoms with van der Waals surface area (Å²) in [5.41, 5.74) is 2.93. The lowest BCUT2D eigenvalue weighted by Gasteiger charge is -2.09. The van der Waals surface area contributed by atoms with Crippen LogP contribution in [0.4, 0.5) is 4.39 Å². The molecule has 0 saturated heterocycles. The standard InChI is InChI=1S/C21H18FN3O2/c1-3-13-8-18-16(10-19(13)27-2)21(26)25-20(24-18)7-12-6-14-4-5-15(22)9-17(14)23-11-12/h4-6,8-11H,3,7H2,1-2H3,(H,24,25,26). The van der Waals surface area contributed by atoms with Crippen molar-refractivity contribution < 1.29 is 9.13 Å². The predicted molar refractivity (Wildman–Crippen MR) is 103 cm³/mol. The number of nitrogens with one attached hydrogen (secondary N) is 1. The zero-order valence-electron chi connectivity index (χ0n) is 15.0. The molecule has 136 valence electrons. The van der Waals surface area contributed by atoms with Crippen LogP contribution >= 0.6 is 0 Å². The molecule has 5 nitrogen and oxygen atoms in total. The Morgan fingerprint density at radius 2 is 2.00 bits per heavy atom. The van der Waals surface area contributed by atoms with Crippen LogP contribution in [0.1, 0.15) is 23.9 Å². The van der Waals surface area contributed by atoms with Crippen molar-refractivity contribution in [3.05, 3.63) is 75.7 Å². The van der Waals surface area contributed by atoms with Crippen LogP contribution in [0.2, 0.25) is 0 Å². The molecule has 4 rings (SSSR count). The Morgan fingerprint density at radius 3 is 2.78 bits per heavy atom. The van der Waals surface area contributed by atoms with Gasteiger partial charge in [-0.15, -0.1) is 0 Å². The maximum atomic E-state index is 13.3. The fourth-order valence-electron chi connectivity index (χ4n) is 3.24. The lowest BCUT2D eigenvalue weighted by atomic mass is 10.1. The van der Waals surface area contributed by atoms with Crippen molar-refractivity contribution in [1.82, 2.24) is 15.0 Å². The molecule has 0 unspecified atom stereocenters. The number of fused-ring (bicyclic) bond motifs is 2. The van der Waals surface area contributed by atoms with Crippen molar-refractivity contribution in [3.8, 4) is 5.75 Å². The molecular weight excluding hydrogens is 345 g/mol. The number of hydrogen-bond acceptors (Lipinski definition) is 4. The molecule has 0 radical (unpaired) electrons. The molecule has 0 atom stereocenters. The number of aryl methyl sites for hydroxylation is 1. The number of nitrogens with zero attached hydrogens (tertiary/aromatic N) is 2. The van der Waals surface area contributed by atoms with Crippen LogP contribution in [0.15, 0.2) is 47.4 Å². The number of methoxy groups -OCH3 is 1. The number of halogens is 1. The number of hydrogen-bond donors (Lipinski definition) is 1. The summed E-state index contributed by atoms with van der Waals surface area (Å²) < 4.78 is 18.7. The smallest absolute Gasteiger partial charge is 0.258 e. The number of pyridine rings is 1. The van der Waals surface area contributed by atoms with E-state index in [-0.39, 0.29) is 11.4 Å². The molecule has 2 aromatic carbocycles. The molecule has 6 heteroatoms. The molecular formula is C21H18FN3O2. The summed E-state index contributed by atoms with van der Waals surface area (Å²) in [7, 11) is 1.59. The number of ether oxygens (including phenoxy) is 1. The lowest BCUT2D eigenvalue weighted by Crippen LogP contribution is -2.13. The first-order chi connectivity index (χ1) is 13.1. The summed E-state index contributed by atoms with van der Waals surface area (Å²) in [5.74, 6) is 0.935. The second kappa shape index (κ2) is 6.79. The first kappa shape index (κ1) is 17.1. The fraction of sp³-hybridized carbons (Fsp3) is 0.190. The summed E-state index contributed by atoms with van der Waals surface area (Å²) in [6, 6.07) is 10.1. The highest BCUT2D eigenvalue weighted by Crippen LogP contribution is 2.24. The topological polar surface area (TPSA) is 67.9 Å². The van der Waals surface area contributed by atoms with Gasteiger partial charge in [-0.25, -0.2) is 9.37 Å². The van der Waals surface area contributed by atoms with Crippen molar-refractivity contribution in [2.45, 2.75) is 19.8 Å². The first-order valence-corrected chi connectivity index (χ1v) is 8.71. The normalized spacial score (nSPS) is 11.2. The molecule has 0 spiro atoms. The SMILES string of the molecule is CCc1cc2nc(Cc3cnc4cc(F)ccc4c3)[nH]c(=O)c2cc1OC. The highest BCUT2D eigenvalue weighted by Gasteiger charge is 2.10. The Labute approximate surface area is 154 Å². The van der Waals surface area contributed by atoms with Gasteiger partial charge in [0.1, 0.15) is 17.4 Å². The highest BCUT2D eigenvalue weighted by atomic mass is 19.1. The Balaban J connectivity index is 1.75. The second-order valence-corrected chi connectivity index (χ2v) is 6.40. The van der Waals surface area contributed by atoms with E-state index in [0.717, 1.165) is 22.9 Å². The van der Waals surface area contributed by atoms with E-state index in [1.54, 1.807) is 25.4 Å². The van der Waals surface area contributed by atoms with Gasteiger partial charge in [0.15, 0.2) is 0 Å². The third-order valence-corrected chi connectivity index (χ3v) is 4.61. The zero-order chi connectivity index (χ0) is 19.0. The number of rotatable bonds is 4. The Morgan fingerprint density at radius 1 is 1.15 bits per heavy atom. The molecule has 2 aromatic heterocycles. The van der Waals surface area contributed by atoms with Crippen LogP contribution < -0.4 is 10.3 Å². The molecule has 0 aliphatic heterocycles. The fourth-order valence-corrected chi connectivity index (χ4v) is 3.24. The maximum Gasteiger partial charge on any atom is 0.258 e. The third kappa shape index (κ3) is 3.26. The molecule has 27 heavy (non-hydrogen) atoms. The summed E-state index contributed by atoms with van der Waals surface area (Å²) in [4.78, 5) is 24.2. The van der Waals surface area contributed by atoms with E-state index in [4.69, 9.17) is 4.74 Å². The van der Waals surface area contributed by atoms with Gasteiger partial charge in [-0.05, 0) is 47.9 Å². The van der Waals surface area contributed by atoms with Gasteiger partial charge >= 0.3 is 0 Å². The lowest BCUT2D eigenvalue weighted by molar-refractivity contribution is 0.411. The largest absolute Gasteiger partial charge is 0.496 e. The van der Waals surface area contributed by atoms with Crippen LogP contribution in [0.5, 0.6) is 5.75 Å². The van der Waals surface area contributed by atoms with Gasteiger partial charge < -0.3 is 9.72 Å². The first-order valence-electron chi connectivity index (χ1n) is 8.71. The molecule has 4 aromatic rings. The van der Waals surface area contributed by atoms with Gasteiger partial charge in [-0.3, -0.25) is 9.78 Å². The quantitative estimate of drug-likeness (QED) is 0.599. The average molecular weight is 363 g/mol. The number of H-pyrrole nitrogens is 1. The van der Waals surface area contributed by atoms with E-state index >= 15 is 0 Å². The minimum atomic E-state index is -0.314. The van der Waals surface area contributed by atoms with Crippen molar-refractivity contribution in [2.75, 3.05) is 7.11 Å². The van der Waals surface area contributed by atoms with E-state index in [1.807, 2.05) is 19.1 Å². The average Bonchev–Trinajstić information content (AvgIpc) is 2.67.